The smallest absolute Gasteiger partial charge is 0.340 e. The van der Waals surface area contributed by atoms with Gasteiger partial charge in [0.2, 0.25) is 0 Å². The predicted octanol–water partition coefficient (Wildman–Crippen LogP) is 2.19. The van der Waals surface area contributed by atoms with E-state index < -0.39 is 11.8 Å². The largest absolute Gasteiger partial charge is 0.465 e. The SMILES string of the molecule is COC(=O)c1ccc(CNCCCN2CCCC2)cc1F. The number of ether oxygens (including phenoxy) is 1. The number of halogens is 1. The first-order valence-electron chi connectivity index (χ1n) is 7.50. The van der Waals surface area contributed by atoms with Gasteiger partial charge in [-0.25, -0.2) is 9.18 Å². The molecule has 1 heterocycles. The summed E-state index contributed by atoms with van der Waals surface area (Å²) < 4.78 is 18.3. The standard InChI is InChI=1S/C16H23FN2O2/c1-21-16(20)14-6-5-13(11-15(14)17)12-18-7-4-10-19-8-2-3-9-19/h5-6,11,18H,2-4,7-10,12H2,1H3. The lowest BCUT2D eigenvalue weighted by Gasteiger charge is -2.14. The van der Waals surface area contributed by atoms with E-state index in [1.165, 1.54) is 45.2 Å². The van der Waals surface area contributed by atoms with Crippen LogP contribution in [0.3, 0.4) is 0 Å². The predicted molar refractivity (Wildman–Crippen MR) is 79.7 cm³/mol. The third-order valence-electron chi connectivity index (χ3n) is 3.79. The zero-order chi connectivity index (χ0) is 15.1. The van der Waals surface area contributed by atoms with Crippen molar-refractivity contribution >= 4 is 5.97 Å². The number of likely N-dealkylation sites (tertiary alicyclic amines) is 1. The molecule has 1 aromatic rings. The summed E-state index contributed by atoms with van der Waals surface area (Å²) >= 11 is 0. The maximum Gasteiger partial charge on any atom is 0.340 e. The fourth-order valence-electron chi connectivity index (χ4n) is 2.61. The van der Waals surface area contributed by atoms with Gasteiger partial charge in [0.25, 0.3) is 0 Å². The van der Waals surface area contributed by atoms with E-state index in [4.69, 9.17) is 0 Å². The van der Waals surface area contributed by atoms with Gasteiger partial charge in [-0.3, -0.25) is 0 Å². The molecule has 1 aliphatic rings. The Kier molecular flexibility index (Phi) is 6.14. The Morgan fingerprint density at radius 2 is 2.14 bits per heavy atom. The minimum absolute atomic E-state index is 0.0183. The molecule has 0 amide bonds. The average Bonchev–Trinajstić information content (AvgIpc) is 2.99. The summed E-state index contributed by atoms with van der Waals surface area (Å²) in [5.74, 6) is -1.17. The second-order valence-electron chi connectivity index (χ2n) is 5.38. The van der Waals surface area contributed by atoms with E-state index in [1.54, 1.807) is 6.07 Å². The van der Waals surface area contributed by atoms with Crippen LogP contribution in [0.4, 0.5) is 4.39 Å². The van der Waals surface area contributed by atoms with Crippen molar-refractivity contribution in [3.8, 4) is 0 Å². The van der Waals surface area contributed by atoms with Crippen LogP contribution in [-0.2, 0) is 11.3 Å². The van der Waals surface area contributed by atoms with Crippen molar-refractivity contribution in [3.05, 3.63) is 35.1 Å². The summed E-state index contributed by atoms with van der Waals surface area (Å²) in [6, 6.07) is 4.62. The molecule has 4 nitrogen and oxygen atoms in total. The second kappa shape index (κ2) is 8.10. The summed E-state index contributed by atoms with van der Waals surface area (Å²) in [7, 11) is 1.25. The summed E-state index contributed by atoms with van der Waals surface area (Å²) in [6.45, 7) is 5.10. The Balaban J connectivity index is 1.70. The number of hydrogen-bond donors (Lipinski definition) is 1. The van der Waals surface area contributed by atoms with Crippen molar-refractivity contribution in [2.75, 3.05) is 33.3 Å². The van der Waals surface area contributed by atoms with E-state index in [9.17, 15) is 9.18 Å². The van der Waals surface area contributed by atoms with Gasteiger partial charge >= 0.3 is 5.97 Å². The third-order valence-corrected chi connectivity index (χ3v) is 3.79. The topological polar surface area (TPSA) is 41.6 Å². The first-order valence-corrected chi connectivity index (χ1v) is 7.50. The monoisotopic (exact) mass is 294 g/mol. The molecule has 0 unspecified atom stereocenters. The molecule has 0 radical (unpaired) electrons. The van der Waals surface area contributed by atoms with Crippen molar-refractivity contribution < 1.29 is 13.9 Å². The fraction of sp³-hybridized carbons (Fsp3) is 0.562. The van der Waals surface area contributed by atoms with Crippen molar-refractivity contribution in [1.82, 2.24) is 10.2 Å². The molecule has 0 aromatic heterocycles. The quantitative estimate of drug-likeness (QED) is 0.618. The fourth-order valence-corrected chi connectivity index (χ4v) is 2.61. The molecule has 0 atom stereocenters. The normalized spacial score (nSPS) is 15.3. The van der Waals surface area contributed by atoms with E-state index >= 15 is 0 Å². The third kappa shape index (κ3) is 4.79. The molecule has 0 saturated carbocycles. The van der Waals surface area contributed by atoms with Gasteiger partial charge in [-0.05, 0) is 63.1 Å². The number of hydrogen-bond acceptors (Lipinski definition) is 4. The van der Waals surface area contributed by atoms with Gasteiger partial charge in [0, 0.05) is 6.54 Å². The van der Waals surface area contributed by atoms with Crippen LogP contribution in [0.15, 0.2) is 18.2 Å². The molecule has 0 aliphatic carbocycles. The maximum absolute atomic E-state index is 13.7. The zero-order valence-electron chi connectivity index (χ0n) is 12.5. The Bertz CT molecular complexity index is 473. The first-order chi connectivity index (χ1) is 10.2. The number of carbonyl (C=O) groups is 1. The molecule has 21 heavy (non-hydrogen) atoms. The highest BCUT2D eigenvalue weighted by Crippen LogP contribution is 2.12. The van der Waals surface area contributed by atoms with Gasteiger partial charge in [-0.15, -0.1) is 0 Å². The summed E-state index contributed by atoms with van der Waals surface area (Å²) in [5, 5.41) is 3.31. The highest BCUT2D eigenvalue weighted by molar-refractivity contribution is 5.89. The lowest BCUT2D eigenvalue weighted by atomic mass is 10.1. The molecule has 0 bridgehead atoms. The molecule has 5 heteroatoms. The minimum atomic E-state index is -0.641. The van der Waals surface area contributed by atoms with Crippen LogP contribution in [0.1, 0.15) is 35.2 Å². The van der Waals surface area contributed by atoms with Crippen molar-refractivity contribution in [3.63, 3.8) is 0 Å². The van der Waals surface area contributed by atoms with Gasteiger partial charge < -0.3 is 15.0 Å². The molecule has 116 valence electrons. The zero-order valence-corrected chi connectivity index (χ0v) is 12.5. The van der Waals surface area contributed by atoms with E-state index in [0.29, 0.717) is 6.54 Å². The van der Waals surface area contributed by atoms with E-state index in [-0.39, 0.29) is 5.56 Å². The molecule has 1 aromatic carbocycles. The summed E-state index contributed by atoms with van der Waals surface area (Å²) in [5.41, 5.74) is 0.816. The lowest BCUT2D eigenvalue weighted by Crippen LogP contribution is -2.24. The van der Waals surface area contributed by atoms with E-state index in [2.05, 4.69) is 15.0 Å². The molecule has 1 saturated heterocycles. The number of benzene rings is 1. The van der Waals surface area contributed by atoms with Crippen molar-refractivity contribution in [2.45, 2.75) is 25.8 Å². The highest BCUT2D eigenvalue weighted by Gasteiger charge is 2.12. The van der Waals surface area contributed by atoms with E-state index in [0.717, 1.165) is 25.1 Å². The number of nitrogens with zero attached hydrogens (tertiary/aromatic N) is 1. The van der Waals surface area contributed by atoms with Crippen LogP contribution in [0.5, 0.6) is 0 Å². The second-order valence-corrected chi connectivity index (χ2v) is 5.38. The summed E-state index contributed by atoms with van der Waals surface area (Å²) in [6.07, 6.45) is 3.74. The molecule has 1 aliphatic heterocycles. The molecule has 1 N–H and O–H groups in total. The van der Waals surface area contributed by atoms with Crippen LogP contribution in [-0.4, -0.2) is 44.2 Å². The van der Waals surface area contributed by atoms with Crippen LogP contribution in [0.25, 0.3) is 0 Å². The van der Waals surface area contributed by atoms with Gasteiger partial charge in [-0.1, -0.05) is 6.07 Å². The van der Waals surface area contributed by atoms with Crippen LogP contribution >= 0.6 is 0 Å². The number of rotatable bonds is 7. The Morgan fingerprint density at radius 1 is 1.38 bits per heavy atom. The van der Waals surface area contributed by atoms with Crippen molar-refractivity contribution in [2.24, 2.45) is 0 Å². The van der Waals surface area contributed by atoms with Gasteiger partial charge in [0.15, 0.2) is 0 Å². The minimum Gasteiger partial charge on any atom is -0.465 e. The number of esters is 1. The Labute approximate surface area is 125 Å². The number of carbonyl (C=O) groups excluding carboxylic acids is 1. The van der Waals surface area contributed by atoms with Gasteiger partial charge in [0.05, 0.1) is 12.7 Å². The Morgan fingerprint density at radius 3 is 2.81 bits per heavy atom. The lowest BCUT2D eigenvalue weighted by molar-refractivity contribution is 0.0595. The molecule has 1 fully saturated rings. The van der Waals surface area contributed by atoms with Crippen molar-refractivity contribution in [1.29, 1.82) is 0 Å². The molecular weight excluding hydrogens is 271 g/mol. The molecular formula is C16H23FN2O2. The number of methoxy groups -OCH3 is 1. The molecule has 2 rings (SSSR count). The van der Waals surface area contributed by atoms with Crippen LogP contribution in [0, 0.1) is 5.82 Å². The van der Waals surface area contributed by atoms with Crippen LogP contribution < -0.4 is 5.32 Å². The van der Waals surface area contributed by atoms with E-state index in [1.807, 2.05) is 0 Å². The number of nitrogens with one attached hydrogen (secondary N) is 1. The highest BCUT2D eigenvalue weighted by atomic mass is 19.1. The molecule has 0 spiro atoms. The van der Waals surface area contributed by atoms with Gasteiger partial charge in [-0.2, -0.15) is 0 Å². The van der Waals surface area contributed by atoms with Crippen LogP contribution in [0.2, 0.25) is 0 Å². The van der Waals surface area contributed by atoms with Gasteiger partial charge in [0.1, 0.15) is 5.82 Å². The first kappa shape index (κ1) is 15.9. The Hall–Kier alpha value is -1.46. The summed E-state index contributed by atoms with van der Waals surface area (Å²) in [4.78, 5) is 13.8. The maximum atomic E-state index is 13.7. The average molecular weight is 294 g/mol.